The molecule has 0 aliphatic heterocycles. The summed E-state index contributed by atoms with van der Waals surface area (Å²) >= 11 is 1.43. The Balaban J connectivity index is 2.10. The fourth-order valence-corrected chi connectivity index (χ4v) is 2.00. The predicted octanol–water partition coefficient (Wildman–Crippen LogP) is 2.65. The van der Waals surface area contributed by atoms with Crippen molar-refractivity contribution in [3.05, 3.63) is 5.56 Å². The Hall–Kier alpha value is -0.810. The van der Waals surface area contributed by atoms with Crippen LogP contribution in [0.3, 0.4) is 0 Å². The lowest BCUT2D eigenvalue weighted by Gasteiger charge is -2.07. The summed E-state index contributed by atoms with van der Waals surface area (Å²) in [6, 6.07) is 0. The van der Waals surface area contributed by atoms with E-state index >= 15 is 0 Å². The normalized spacial score (nSPS) is 11.0. The average Bonchev–Trinajstić information content (AvgIpc) is 2.54. The molecule has 0 spiro atoms. The Morgan fingerprint density at radius 2 is 2.19 bits per heavy atom. The van der Waals surface area contributed by atoms with Gasteiger partial charge in [0.1, 0.15) is 10.8 Å². The Kier molecular flexibility index (Phi) is 5.55. The third-order valence-corrected chi connectivity index (χ3v) is 3.19. The van der Waals surface area contributed by atoms with Crippen LogP contribution in [0, 0.1) is 6.92 Å². The minimum absolute atomic E-state index is 0.330. The molecule has 0 aliphatic carbocycles. The molecule has 0 aromatic carbocycles. The van der Waals surface area contributed by atoms with E-state index in [0.29, 0.717) is 11.9 Å². The van der Waals surface area contributed by atoms with Crippen molar-refractivity contribution in [3.8, 4) is 0 Å². The van der Waals surface area contributed by atoms with E-state index in [1.54, 1.807) is 0 Å². The monoisotopic (exact) mass is 243 g/mol. The summed E-state index contributed by atoms with van der Waals surface area (Å²) < 4.78 is 9.55. The number of nitrogens with one attached hydrogen (secondary N) is 1. The average molecular weight is 243 g/mol. The predicted molar refractivity (Wildman–Crippen MR) is 70.1 cm³/mol. The first kappa shape index (κ1) is 13.3. The van der Waals surface area contributed by atoms with E-state index in [-0.39, 0.29) is 0 Å². The van der Waals surface area contributed by atoms with Crippen LogP contribution in [0.1, 0.15) is 32.3 Å². The molecule has 5 heteroatoms. The maximum Gasteiger partial charge on any atom is 0.142 e. The van der Waals surface area contributed by atoms with Crippen LogP contribution in [0.2, 0.25) is 0 Å². The molecule has 1 aromatic heterocycles. The van der Waals surface area contributed by atoms with Crippen LogP contribution in [0.15, 0.2) is 0 Å². The summed E-state index contributed by atoms with van der Waals surface area (Å²) in [7, 11) is 0. The lowest BCUT2D eigenvalue weighted by Crippen LogP contribution is -2.06. The van der Waals surface area contributed by atoms with Crippen LogP contribution < -0.4 is 11.1 Å². The molecule has 1 aromatic rings. The van der Waals surface area contributed by atoms with Crippen molar-refractivity contribution in [2.75, 3.05) is 24.2 Å². The highest BCUT2D eigenvalue weighted by Gasteiger charge is 2.04. The Bertz CT molecular complexity index is 312. The first-order valence-electron chi connectivity index (χ1n) is 5.68. The van der Waals surface area contributed by atoms with Crippen molar-refractivity contribution in [2.45, 2.75) is 39.7 Å². The molecule has 0 aliphatic rings. The molecule has 1 rings (SSSR count). The topological polar surface area (TPSA) is 60.2 Å². The second-order valence-corrected chi connectivity index (χ2v) is 4.85. The lowest BCUT2D eigenvalue weighted by atomic mass is 10.3. The van der Waals surface area contributed by atoms with Crippen LogP contribution in [0.5, 0.6) is 0 Å². The van der Waals surface area contributed by atoms with Gasteiger partial charge in [0.25, 0.3) is 0 Å². The number of hydrogen-bond donors (Lipinski definition) is 2. The van der Waals surface area contributed by atoms with E-state index in [4.69, 9.17) is 10.5 Å². The maximum absolute atomic E-state index is 5.67. The number of rotatable bonds is 7. The number of aromatic nitrogens is 1. The van der Waals surface area contributed by atoms with E-state index in [9.17, 15) is 0 Å². The van der Waals surface area contributed by atoms with Gasteiger partial charge in [-0.15, -0.1) is 0 Å². The number of unbranched alkanes of at least 4 members (excludes halogenated alkanes) is 1. The fraction of sp³-hybridized carbons (Fsp3) is 0.727. The van der Waals surface area contributed by atoms with Crippen molar-refractivity contribution in [1.29, 1.82) is 0 Å². The first-order chi connectivity index (χ1) is 7.61. The molecular weight excluding hydrogens is 222 g/mol. The zero-order valence-corrected chi connectivity index (χ0v) is 11.1. The van der Waals surface area contributed by atoms with Gasteiger partial charge in [-0.3, -0.25) is 0 Å². The van der Waals surface area contributed by atoms with Crippen LogP contribution in [0.4, 0.5) is 10.8 Å². The van der Waals surface area contributed by atoms with E-state index < -0.39 is 0 Å². The molecule has 0 amide bonds. The molecule has 0 fully saturated rings. The molecule has 0 radical (unpaired) electrons. The van der Waals surface area contributed by atoms with Gasteiger partial charge in [0.2, 0.25) is 0 Å². The van der Waals surface area contributed by atoms with Crippen molar-refractivity contribution in [1.82, 2.24) is 4.37 Å². The number of nitrogen functional groups attached to an aromatic ring is 1. The zero-order chi connectivity index (χ0) is 12.0. The summed E-state index contributed by atoms with van der Waals surface area (Å²) in [5.41, 5.74) is 6.72. The van der Waals surface area contributed by atoms with E-state index in [1.165, 1.54) is 11.5 Å². The van der Waals surface area contributed by atoms with Gasteiger partial charge in [-0.2, -0.15) is 4.37 Å². The number of ether oxygens (including phenoxy) is 1. The van der Waals surface area contributed by atoms with Gasteiger partial charge in [0.15, 0.2) is 0 Å². The third kappa shape index (κ3) is 4.37. The molecule has 0 atom stereocenters. The van der Waals surface area contributed by atoms with E-state index in [2.05, 4.69) is 23.5 Å². The quantitative estimate of drug-likeness (QED) is 0.723. The van der Waals surface area contributed by atoms with Crippen LogP contribution in [0.25, 0.3) is 0 Å². The fourth-order valence-electron chi connectivity index (χ4n) is 1.26. The van der Waals surface area contributed by atoms with Crippen LogP contribution >= 0.6 is 11.5 Å². The SMILES string of the molecule is Cc1c(N)nsc1NCCCCOC(C)C. The highest BCUT2D eigenvalue weighted by Crippen LogP contribution is 2.24. The van der Waals surface area contributed by atoms with Crippen LogP contribution in [-0.2, 0) is 4.74 Å². The molecule has 16 heavy (non-hydrogen) atoms. The van der Waals surface area contributed by atoms with Crippen molar-refractivity contribution in [2.24, 2.45) is 0 Å². The highest BCUT2D eigenvalue weighted by molar-refractivity contribution is 7.10. The van der Waals surface area contributed by atoms with Gasteiger partial charge in [-0.1, -0.05) is 0 Å². The Morgan fingerprint density at radius 3 is 2.75 bits per heavy atom. The minimum atomic E-state index is 0.330. The maximum atomic E-state index is 5.67. The van der Waals surface area contributed by atoms with Gasteiger partial charge in [0, 0.05) is 18.7 Å². The molecule has 3 N–H and O–H groups in total. The minimum Gasteiger partial charge on any atom is -0.383 e. The van der Waals surface area contributed by atoms with Crippen LogP contribution in [-0.4, -0.2) is 23.6 Å². The number of nitrogens with two attached hydrogens (primary N) is 1. The van der Waals surface area contributed by atoms with Gasteiger partial charge < -0.3 is 15.8 Å². The second-order valence-electron chi connectivity index (χ2n) is 4.08. The van der Waals surface area contributed by atoms with E-state index in [1.807, 2.05) is 6.92 Å². The summed E-state index contributed by atoms with van der Waals surface area (Å²) in [5, 5.41) is 4.43. The third-order valence-electron chi connectivity index (χ3n) is 2.27. The van der Waals surface area contributed by atoms with Gasteiger partial charge in [-0.05, 0) is 45.1 Å². The lowest BCUT2D eigenvalue weighted by molar-refractivity contribution is 0.0765. The summed E-state index contributed by atoms with van der Waals surface area (Å²) in [6.07, 6.45) is 2.51. The van der Waals surface area contributed by atoms with Gasteiger partial charge in [0.05, 0.1) is 6.10 Å². The second kappa shape index (κ2) is 6.70. The van der Waals surface area contributed by atoms with Gasteiger partial charge >= 0.3 is 0 Å². The molecule has 0 unspecified atom stereocenters. The smallest absolute Gasteiger partial charge is 0.142 e. The number of hydrogen-bond acceptors (Lipinski definition) is 5. The van der Waals surface area contributed by atoms with Gasteiger partial charge in [-0.25, -0.2) is 0 Å². The molecular formula is C11H21N3OS. The molecule has 0 bridgehead atoms. The van der Waals surface area contributed by atoms with Crippen molar-refractivity contribution < 1.29 is 4.74 Å². The van der Waals surface area contributed by atoms with Crippen molar-refractivity contribution >= 4 is 22.4 Å². The first-order valence-corrected chi connectivity index (χ1v) is 6.46. The molecule has 0 saturated carbocycles. The standard InChI is InChI=1S/C11H21N3OS/c1-8(2)15-7-5-4-6-13-11-9(3)10(12)14-16-11/h8,13H,4-7H2,1-3H3,(H2,12,14). The molecule has 92 valence electrons. The highest BCUT2D eigenvalue weighted by atomic mass is 32.1. The van der Waals surface area contributed by atoms with E-state index in [0.717, 1.165) is 36.6 Å². The molecule has 0 saturated heterocycles. The zero-order valence-electron chi connectivity index (χ0n) is 10.2. The Labute approximate surface area is 101 Å². The molecule has 4 nitrogen and oxygen atoms in total. The molecule has 1 heterocycles. The summed E-state index contributed by atoms with van der Waals surface area (Å²) in [5.74, 6) is 0.635. The summed E-state index contributed by atoms with van der Waals surface area (Å²) in [4.78, 5) is 0. The van der Waals surface area contributed by atoms with Crippen molar-refractivity contribution in [3.63, 3.8) is 0 Å². The Morgan fingerprint density at radius 1 is 1.44 bits per heavy atom. The summed E-state index contributed by atoms with van der Waals surface area (Å²) in [6.45, 7) is 7.89. The number of anilines is 2. The number of nitrogens with zero attached hydrogens (tertiary/aromatic N) is 1. The largest absolute Gasteiger partial charge is 0.383 e.